The fraction of sp³-hybridized carbons (Fsp3) is 0.571. The van der Waals surface area contributed by atoms with E-state index >= 15 is 0 Å². The van der Waals surface area contributed by atoms with Crippen LogP contribution in [-0.4, -0.2) is 36.3 Å². The third-order valence-corrected chi connectivity index (χ3v) is 3.51. The van der Waals surface area contributed by atoms with E-state index in [0.717, 1.165) is 31.6 Å². The Kier molecular flexibility index (Phi) is 4.79. The van der Waals surface area contributed by atoms with E-state index in [1.165, 1.54) is 6.07 Å². The normalized spacial score (nSPS) is 18.3. The van der Waals surface area contributed by atoms with Crippen molar-refractivity contribution in [3.63, 3.8) is 0 Å². The number of anilines is 1. The number of hydrogen-bond donors (Lipinski definition) is 1. The van der Waals surface area contributed by atoms with Crippen LogP contribution in [0, 0.1) is 16.0 Å². The van der Waals surface area contributed by atoms with Crippen molar-refractivity contribution in [1.29, 1.82) is 0 Å². The topological polar surface area (TPSA) is 75.8 Å². The molecule has 1 aliphatic heterocycles. The van der Waals surface area contributed by atoms with Gasteiger partial charge in [0.15, 0.2) is 5.75 Å². The molecule has 0 saturated carbocycles. The molecule has 110 valence electrons. The molecule has 0 bridgehead atoms. The maximum Gasteiger partial charge on any atom is 0.311 e. The van der Waals surface area contributed by atoms with Crippen molar-refractivity contribution in [2.75, 3.05) is 31.2 Å². The van der Waals surface area contributed by atoms with Crippen molar-refractivity contribution in [3.8, 4) is 5.75 Å². The molecular weight excluding hydrogens is 260 g/mol. The van der Waals surface area contributed by atoms with E-state index in [1.807, 2.05) is 6.92 Å². The molecular formula is C14H20N2O4. The summed E-state index contributed by atoms with van der Waals surface area (Å²) >= 11 is 0. The molecule has 6 heteroatoms. The summed E-state index contributed by atoms with van der Waals surface area (Å²) in [6, 6.07) is 4.97. The molecule has 1 fully saturated rings. The summed E-state index contributed by atoms with van der Waals surface area (Å²) in [5.74, 6) is 0.604. The molecule has 0 aliphatic carbocycles. The number of nitro benzene ring substituents is 1. The summed E-state index contributed by atoms with van der Waals surface area (Å²) in [5.41, 5.74) is 0.915. The van der Waals surface area contributed by atoms with Gasteiger partial charge < -0.3 is 14.7 Å². The van der Waals surface area contributed by atoms with Gasteiger partial charge in [0.2, 0.25) is 0 Å². The standard InChI is InChI=1S/C14H20N2O4/c1-2-7-20-14-8-12(3-4-13(14)16(18)19)15-6-5-11(9-15)10-17/h3-4,8,11,17H,2,5-7,9-10H2,1H3. The maximum atomic E-state index is 11.0. The largest absolute Gasteiger partial charge is 0.487 e. The molecule has 1 aromatic carbocycles. The molecule has 1 heterocycles. The minimum absolute atomic E-state index is 0.0000973. The summed E-state index contributed by atoms with van der Waals surface area (Å²) in [5, 5.41) is 20.2. The van der Waals surface area contributed by atoms with Crippen molar-refractivity contribution in [2.45, 2.75) is 19.8 Å². The highest BCUT2D eigenvalue weighted by Crippen LogP contribution is 2.33. The van der Waals surface area contributed by atoms with Gasteiger partial charge in [0.1, 0.15) is 0 Å². The number of aliphatic hydroxyl groups excluding tert-OH is 1. The Morgan fingerprint density at radius 2 is 2.35 bits per heavy atom. The summed E-state index contributed by atoms with van der Waals surface area (Å²) in [6.07, 6.45) is 1.75. The van der Waals surface area contributed by atoms with Crippen LogP contribution in [0.25, 0.3) is 0 Å². The number of hydrogen-bond acceptors (Lipinski definition) is 5. The molecule has 6 nitrogen and oxygen atoms in total. The first kappa shape index (κ1) is 14.6. The van der Waals surface area contributed by atoms with Crippen molar-refractivity contribution >= 4 is 11.4 Å². The molecule has 1 saturated heterocycles. The number of rotatable bonds is 6. The van der Waals surface area contributed by atoms with Crippen LogP contribution in [0.2, 0.25) is 0 Å². The SMILES string of the molecule is CCCOc1cc(N2CCC(CO)C2)ccc1[N+](=O)[O-]. The predicted molar refractivity (Wildman–Crippen MR) is 76.3 cm³/mol. The van der Waals surface area contributed by atoms with Gasteiger partial charge in [-0.15, -0.1) is 0 Å². The van der Waals surface area contributed by atoms with Gasteiger partial charge in [0.05, 0.1) is 11.5 Å². The predicted octanol–water partition coefficient (Wildman–Crippen LogP) is 2.20. The lowest BCUT2D eigenvalue weighted by atomic mass is 10.1. The Balaban J connectivity index is 2.20. The second kappa shape index (κ2) is 6.56. The van der Waals surface area contributed by atoms with Crippen LogP contribution < -0.4 is 9.64 Å². The van der Waals surface area contributed by atoms with Crippen LogP contribution in [0.3, 0.4) is 0 Å². The molecule has 1 aliphatic rings. The Labute approximate surface area is 118 Å². The Bertz CT molecular complexity index is 478. The minimum atomic E-state index is -0.421. The van der Waals surface area contributed by atoms with E-state index in [1.54, 1.807) is 12.1 Å². The molecule has 0 amide bonds. The fourth-order valence-electron chi connectivity index (χ4n) is 2.39. The quantitative estimate of drug-likeness (QED) is 0.638. The average Bonchev–Trinajstić information content (AvgIpc) is 2.93. The second-order valence-electron chi connectivity index (χ2n) is 5.04. The second-order valence-corrected chi connectivity index (χ2v) is 5.04. The Morgan fingerprint density at radius 3 is 2.95 bits per heavy atom. The maximum absolute atomic E-state index is 11.0. The molecule has 1 unspecified atom stereocenters. The van der Waals surface area contributed by atoms with Gasteiger partial charge in [-0.2, -0.15) is 0 Å². The van der Waals surface area contributed by atoms with Gasteiger partial charge in [-0.05, 0) is 18.9 Å². The highest BCUT2D eigenvalue weighted by atomic mass is 16.6. The number of ether oxygens (including phenoxy) is 1. The molecule has 0 aromatic heterocycles. The van der Waals surface area contributed by atoms with Gasteiger partial charge in [-0.1, -0.05) is 6.92 Å². The van der Waals surface area contributed by atoms with Crippen molar-refractivity contribution < 1.29 is 14.8 Å². The molecule has 1 aromatic rings. The first-order valence-corrected chi connectivity index (χ1v) is 6.92. The minimum Gasteiger partial charge on any atom is -0.487 e. The van der Waals surface area contributed by atoms with E-state index in [2.05, 4.69) is 4.90 Å². The number of nitrogens with zero attached hydrogens (tertiary/aromatic N) is 2. The first-order chi connectivity index (χ1) is 9.65. The van der Waals surface area contributed by atoms with Crippen molar-refractivity contribution in [2.24, 2.45) is 5.92 Å². The van der Waals surface area contributed by atoms with Crippen LogP contribution in [0.4, 0.5) is 11.4 Å². The average molecular weight is 280 g/mol. The van der Waals surface area contributed by atoms with Crippen LogP contribution in [-0.2, 0) is 0 Å². The fourth-order valence-corrected chi connectivity index (χ4v) is 2.39. The lowest BCUT2D eigenvalue weighted by Crippen LogP contribution is -2.20. The van der Waals surface area contributed by atoms with Crippen LogP contribution in [0.1, 0.15) is 19.8 Å². The van der Waals surface area contributed by atoms with E-state index in [4.69, 9.17) is 4.74 Å². The van der Waals surface area contributed by atoms with E-state index < -0.39 is 4.92 Å². The number of aliphatic hydroxyl groups is 1. The monoisotopic (exact) mass is 280 g/mol. The third-order valence-electron chi connectivity index (χ3n) is 3.51. The summed E-state index contributed by atoms with van der Waals surface area (Å²) in [7, 11) is 0. The zero-order valence-corrected chi connectivity index (χ0v) is 11.6. The van der Waals surface area contributed by atoms with Crippen molar-refractivity contribution in [1.82, 2.24) is 0 Å². The lowest BCUT2D eigenvalue weighted by Gasteiger charge is -2.19. The van der Waals surface area contributed by atoms with E-state index in [0.29, 0.717) is 12.4 Å². The van der Waals surface area contributed by atoms with Crippen LogP contribution >= 0.6 is 0 Å². The van der Waals surface area contributed by atoms with Gasteiger partial charge in [0, 0.05) is 43.4 Å². The van der Waals surface area contributed by atoms with Gasteiger partial charge in [-0.3, -0.25) is 10.1 Å². The van der Waals surface area contributed by atoms with Gasteiger partial charge in [0.25, 0.3) is 0 Å². The molecule has 20 heavy (non-hydrogen) atoms. The summed E-state index contributed by atoms with van der Waals surface area (Å²) in [6.45, 7) is 4.24. The highest BCUT2D eigenvalue weighted by molar-refractivity contribution is 5.59. The molecule has 2 rings (SSSR count). The molecule has 0 spiro atoms. The van der Waals surface area contributed by atoms with Gasteiger partial charge in [-0.25, -0.2) is 0 Å². The van der Waals surface area contributed by atoms with Crippen molar-refractivity contribution in [3.05, 3.63) is 28.3 Å². The molecule has 1 N–H and O–H groups in total. The highest BCUT2D eigenvalue weighted by Gasteiger charge is 2.24. The Morgan fingerprint density at radius 1 is 1.55 bits per heavy atom. The lowest BCUT2D eigenvalue weighted by molar-refractivity contribution is -0.385. The smallest absolute Gasteiger partial charge is 0.311 e. The third kappa shape index (κ3) is 3.19. The number of benzene rings is 1. The Hall–Kier alpha value is -1.82. The van der Waals surface area contributed by atoms with E-state index in [9.17, 15) is 15.2 Å². The molecule has 1 atom stereocenters. The first-order valence-electron chi connectivity index (χ1n) is 6.92. The summed E-state index contributed by atoms with van der Waals surface area (Å²) in [4.78, 5) is 12.7. The molecule has 0 radical (unpaired) electrons. The zero-order chi connectivity index (χ0) is 14.5. The van der Waals surface area contributed by atoms with Crippen LogP contribution in [0.5, 0.6) is 5.75 Å². The number of nitro groups is 1. The zero-order valence-electron chi connectivity index (χ0n) is 11.6. The van der Waals surface area contributed by atoms with E-state index in [-0.39, 0.29) is 18.2 Å². The summed E-state index contributed by atoms with van der Waals surface area (Å²) < 4.78 is 5.48. The van der Waals surface area contributed by atoms with Crippen LogP contribution in [0.15, 0.2) is 18.2 Å². The van der Waals surface area contributed by atoms with Gasteiger partial charge >= 0.3 is 5.69 Å².